The lowest BCUT2D eigenvalue weighted by atomic mass is 10.2. The molecule has 2 aromatic rings. The summed E-state index contributed by atoms with van der Waals surface area (Å²) in [5.41, 5.74) is 0.0905. The molecule has 8 heteroatoms. The van der Waals surface area contributed by atoms with Crippen LogP contribution in [-0.4, -0.2) is 28.5 Å². The zero-order chi connectivity index (χ0) is 17.2. The summed E-state index contributed by atoms with van der Waals surface area (Å²) >= 11 is 0. The molecule has 0 aliphatic heterocycles. The molecule has 0 aliphatic carbocycles. The van der Waals surface area contributed by atoms with E-state index in [1.165, 1.54) is 26.3 Å². The summed E-state index contributed by atoms with van der Waals surface area (Å²) < 4.78 is 56.8. The van der Waals surface area contributed by atoms with Gasteiger partial charge in [0.2, 0.25) is 0 Å². The molecule has 0 saturated heterocycles. The molecule has 122 valence electrons. The van der Waals surface area contributed by atoms with Gasteiger partial charge in [-0.05, 0) is 30.3 Å². The molecule has 0 radical (unpaired) electrons. The summed E-state index contributed by atoms with van der Waals surface area (Å²) in [4.78, 5) is 11.3. The third-order valence-corrected chi connectivity index (χ3v) is 4.97. The van der Waals surface area contributed by atoms with E-state index in [0.29, 0.717) is 6.07 Å². The molecule has 0 aromatic heterocycles. The van der Waals surface area contributed by atoms with Crippen molar-refractivity contribution >= 4 is 21.7 Å². The average molecular weight is 341 g/mol. The van der Waals surface area contributed by atoms with Crippen molar-refractivity contribution in [3.05, 3.63) is 59.7 Å². The number of hydrogen-bond donors (Lipinski definition) is 0. The van der Waals surface area contributed by atoms with Crippen LogP contribution in [0.1, 0.15) is 10.4 Å². The minimum Gasteiger partial charge on any atom is -0.465 e. The van der Waals surface area contributed by atoms with Crippen LogP contribution in [0.25, 0.3) is 0 Å². The number of halogens is 2. The summed E-state index contributed by atoms with van der Waals surface area (Å²) in [6.07, 6.45) is 0. The molecule has 0 atom stereocenters. The molecule has 0 aliphatic rings. The van der Waals surface area contributed by atoms with Crippen LogP contribution in [0.3, 0.4) is 0 Å². The monoisotopic (exact) mass is 341 g/mol. The Morgan fingerprint density at radius 2 is 1.74 bits per heavy atom. The first-order valence-electron chi connectivity index (χ1n) is 6.40. The fraction of sp³-hybridized carbons (Fsp3) is 0.133. The van der Waals surface area contributed by atoms with Gasteiger partial charge in [-0.15, -0.1) is 0 Å². The number of rotatable bonds is 4. The van der Waals surface area contributed by atoms with Crippen LogP contribution in [0.4, 0.5) is 14.5 Å². The fourth-order valence-corrected chi connectivity index (χ4v) is 3.18. The number of methoxy groups -OCH3 is 1. The lowest BCUT2D eigenvalue weighted by Crippen LogP contribution is -2.28. The van der Waals surface area contributed by atoms with E-state index in [4.69, 9.17) is 0 Å². The van der Waals surface area contributed by atoms with Gasteiger partial charge in [0.1, 0.15) is 0 Å². The molecule has 23 heavy (non-hydrogen) atoms. The largest absolute Gasteiger partial charge is 0.465 e. The highest BCUT2D eigenvalue weighted by molar-refractivity contribution is 7.92. The Kier molecular flexibility index (Phi) is 4.65. The Balaban J connectivity index is 2.53. The van der Waals surface area contributed by atoms with Crippen molar-refractivity contribution in [1.29, 1.82) is 0 Å². The summed E-state index contributed by atoms with van der Waals surface area (Å²) in [7, 11) is -1.80. The van der Waals surface area contributed by atoms with Crippen LogP contribution in [-0.2, 0) is 14.8 Å². The normalized spacial score (nSPS) is 11.1. The van der Waals surface area contributed by atoms with Gasteiger partial charge in [-0.1, -0.05) is 12.1 Å². The molecule has 5 nitrogen and oxygen atoms in total. The number of hydrogen-bond acceptors (Lipinski definition) is 4. The molecule has 0 fully saturated rings. The van der Waals surface area contributed by atoms with E-state index in [2.05, 4.69) is 4.74 Å². The SMILES string of the molecule is COC(=O)c1ccccc1N(C)S(=O)(=O)c1ccc(F)c(F)c1. The summed E-state index contributed by atoms with van der Waals surface area (Å²) in [6.45, 7) is 0. The van der Waals surface area contributed by atoms with Crippen molar-refractivity contribution in [3.63, 3.8) is 0 Å². The van der Waals surface area contributed by atoms with E-state index in [0.717, 1.165) is 16.4 Å². The molecule has 0 amide bonds. The number of esters is 1. The second-order valence-electron chi connectivity index (χ2n) is 4.56. The van der Waals surface area contributed by atoms with Crippen LogP contribution in [0.15, 0.2) is 47.4 Å². The van der Waals surface area contributed by atoms with Gasteiger partial charge >= 0.3 is 5.97 Å². The molecule has 2 aromatic carbocycles. The predicted molar refractivity (Wildman–Crippen MR) is 79.7 cm³/mol. The van der Waals surface area contributed by atoms with Gasteiger partial charge in [0.25, 0.3) is 10.0 Å². The van der Waals surface area contributed by atoms with Crippen LogP contribution in [0, 0.1) is 11.6 Å². The van der Waals surface area contributed by atoms with Gasteiger partial charge < -0.3 is 4.74 Å². The quantitative estimate of drug-likeness (QED) is 0.802. The smallest absolute Gasteiger partial charge is 0.340 e. The van der Waals surface area contributed by atoms with Crippen molar-refractivity contribution in [1.82, 2.24) is 0 Å². The summed E-state index contributed by atoms with van der Waals surface area (Å²) in [5.74, 6) is -3.14. The minimum absolute atomic E-state index is 0.0312. The molecular weight excluding hydrogens is 328 g/mol. The summed E-state index contributed by atoms with van der Waals surface area (Å²) in [6, 6.07) is 8.16. The van der Waals surface area contributed by atoms with E-state index in [1.807, 2.05) is 0 Å². The van der Waals surface area contributed by atoms with Gasteiger partial charge in [-0.25, -0.2) is 22.0 Å². The molecule has 0 bridgehead atoms. The molecule has 0 unspecified atom stereocenters. The van der Waals surface area contributed by atoms with Crippen molar-refractivity contribution < 1.29 is 26.7 Å². The molecular formula is C15H13F2NO4S. The van der Waals surface area contributed by atoms with Crippen LogP contribution >= 0.6 is 0 Å². The third kappa shape index (κ3) is 3.16. The lowest BCUT2D eigenvalue weighted by molar-refractivity contribution is 0.0601. The number of nitrogens with zero attached hydrogens (tertiary/aromatic N) is 1. The molecule has 0 spiro atoms. The maximum Gasteiger partial charge on any atom is 0.340 e. The van der Waals surface area contributed by atoms with Gasteiger partial charge in [0.05, 0.1) is 23.3 Å². The zero-order valence-electron chi connectivity index (χ0n) is 12.3. The Hall–Kier alpha value is -2.48. The fourth-order valence-electron chi connectivity index (χ4n) is 1.96. The van der Waals surface area contributed by atoms with E-state index in [9.17, 15) is 22.0 Å². The van der Waals surface area contributed by atoms with Crippen LogP contribution in [0.5, 0.6) is 0 Å². The van der Waals surface area contributed by atoms with Gasteiger partial charge in [-0.3, -0.25) is 4.31 Å². The van der Waals surface area contributed by atoms with Gasteiger partial charge in [-0.2, -0.15) is 0 Å². The average Bonchev–Trinajstić information content (AvgIpc) is 2.55. The first-order chi connectivity index (χ1) is 10.8. The van der Waals surface area contributed by atoms with Crippen molar-refractivity contribution in [2.24, 2.45) is 0 Å². The predicted octanol–water partition coefficient (Wildman–Crippen LogP) is 2.58. The number of para-hydroxylation sites is 1. The topological polar surface area (TPSA) is 63.7 Å². The number of anilines is 1. The highest BCUT2D eigenvalue weighted by Crippen LogP contribution is 2.26. The first kappa shape index (κ1) is 16.9. The molecule has 0 saturated carbocycles. The van der Waals surface area contributed by atoms with Crippen molar-refractivity contribution in [3.8, 4) is 0 Å². The minimum atomic E-state index is -4.18. The number of carbonyl (C=O) groups is 1. The Labute approximate surface area is 132 Å². The maximum absolute atomic E-state index is 13.3. The first-order valence-corrected chi connectivity index (χ1v) is 7.84. The van der Waals surface area contributed by atoms with E-state index in [-0.39, 0.29) is 11.3 Å². The Morgan fingerprint density at radius 1 is 1.09 bits per heavy atom. The van der Waals surface area contributed by atoms with Gasteiger partial charge in [0.15, 0.2) is 11.6 Å². The third-order valence-electron chi connectivity index (χ3n) is 3.20. The number of sulfonamides is 1. The van der Waals surface area contributed by atoms with Gasteiger partial charge in [0, 0.05) is 7.05 Å². The van der Waals surface area contributed by atoms with Crippen LogP contribution < -0.4 is 4.31 Å². The number of carbonyl (C=O) groups excluding carboxylic acids is 1. The second-order valence-corrected chi connectivity index (χ2v) is 6.53. The molecule has 0 heterocycles. The highest BCUT2D eigenvalue weighted by Gasteiger charge is 2.26. The van der Waals surface area contributed by atoms with Crippen molar-refractivity contribution in [2.45, 2.75) is 4.90 Å². The number of ether oxygens (including phenoxy) is 1. The molecule has 2 rings (SSSR count). The Bertz CT molecular complexity index is 852. The lowest BCUT2D eigenvalue weighted by Gasteiger charge is -2.21. The standard InChI is InChI=1S/C15H13F2NO4S/c1-18(14-6-4-3-5-11(14)15(19)22-2)23(20,21)10-7-8-12(16)13(17)9-10/h3-9H,1-2H3. The van der Waals surface area contributed by atoms with E-state index < -0.39 is 32.5 Å². The zero-order valence-corrected chi connectivity index (χ0v) is 13.1. The van der Waals surface area contributed by atoms with E-state index >= 15 is 0 Å². The maximum atomic E-state index is 13.3. The van der Waals surface area contributed by atoms with Crippen molar-refractivity contribution in [2.75, 3.05) is 18.5 Å². The summed E-state index contributed by atoms with van der Waals surface area (Å²) in [5, 5.41) is 0. The Morgan fingerprint density at radius 3 is 2.35 bits per heavy atom. The molecule has 0 N–H and O–H groups in total. The highest BCUT2D eigenvalue weighted by atomic mass is 32.2. The second kappa shape index (κ2) is 6.33. The van der Waals surface area contributed by atoms with Crippen LogP contribution in [0.2, 0.25) is 0 Å². The number of benzene rings is 2. The van der Waals surface area contributed by atoms with E-state index in [1.54, 1.807) is 12.1 Å².